The van der Waals surface area contributed by atoms with Crippen LogP contribution in [0.25, 0.3) is 0 Å². The van der Waals surface area contributed by atoms with Gasteiger partial charge in [0.25, 0.3) is 0 Å². The van der Waals surface area contributed by atoms with Crippen molar-refractivity contribution in [2.75, 3.05) is 6.54 Å². The first kappa shape index (κ1) is 17.2. The minimum absolute atomic E-state index is 0.211. The van der Waals surface area contributed by atoms with Crippen molar-refractivity contribution in [1.82, 2.24) is 4.90 Å². The summed E-state index contributed by atoms with van der Waals surface area (Å²) in [6.07, 6.45) is 1.39. The topological polar surface area (TPSA) is 72.6 Å². The van der Waals surface area contributed by atoms with Gasteiger partial charge < -0.3 is 15.4 Å². The lowest BCUT2D eigenvalue weighted by molar-refractivity contribution is -0.154. The smallest absolute Gasteiger partial charge is 0.329 e. The molecule has 25 heavy (non-hydrogen) atoms. The van der Waals surface area contributed by atoms with Gasteiger partial charge in [-0.2, -0.15) is 0 Å². The molecular weight excluding hydrogens is 316 g/mol. The van der Waals surface area contributed by atoms with Crippen LogP contribution in [0, 0.1) is 0 Å². The first-order valence-electron chi connectivity index (χ1n) is 8.48. The van der Waals surface area contributed by atoms with Gasteiger partial charge in [-0.1, -0.05) is 60.7 Å². The molecule has 0 radical (unpaired) electrons. The molecule has 5 heteroatoms. The molecule has 2 N–H and O–H groups in total. The molecule has 3 rings (SSSR count). The zero-order chi connectivity index (χ0) is 17.6. The Morgan fingerprint density at radius 3 is 2.40 bits per heavy atom. The van der Waals surface area contributed by atoms with Gasteiger partial charge in [-0.3, -0.25) is 4.79 Å². The van der Waals surface area contributed by atoms with E-state index in [1.165, 1.54) is 0 Å². The lowest BCUT2D eigenvalue weighted by Gasteiger charge is -2.26. The van der Waals surface area contributed by atoms with Crippen molar-refractivity contribution >= 4 is 11.9 Å². The van der Waals surface area contributed by atoms with Gasteiger partial charge in [0.15, 0.2) is 0 Å². The Balaban J connectivity index is 1.63. The van der Waals surface area contributed by atoms with E-state index in [1.54, 1.807) is 4.90 Å². The van der Waals surface area contributed by atoms with Gasteiger partial charge in [0.05, 0.1) is 0 Å². The summed E-state index contributed by atoms with van der Waals surface area (Å²) in [5.74, 6) is -0.597. The maximum Gasteiger partial charge on any atom is 0.329 e. The molecule has 2 aromatic carbocycles. The minimum atomic E-state index is -0.760. The summed E-state index contributed by atoms with van der Waals surface area (Å²) >= 11 is 0. The molecule has 2 aromatic rings. The van der Waals surface area contributed by atoms with Crippen molar-refractivity contribution < 1.29 is 14.3 Å². The molecule has 130 valence electrons. The molecule has 2 atom stereocenters. The van der Waals surface area contributed by atoms with E-state index < -0.39 is 12.1 Å². The zero-order valence-electron chi connectivity index (χ0n) is 14.0. The fourth-order valence-electron chi connectivity index (χ4n) is 3.08. The Bertz CT molecular complexity index is 718. The van der Waals surface area contributed by atoms with Gasteiger partial charge in [0, 0.05) is 6.54 Å². The summed E-state index contributed by atoms with van der Waals surface area (Å²) in [5, 5.41) is 0. The Morgan fingerprint density at radius 1 is 1.08 bits per heavy atom. The average Bonchev–Trinajstić information content (AvgIpc) is 3.16. The van der Waals surface area contributed by atoms with E-state index >= 15 is 0 Å². The van der Waals surface area contributed by atoms with Crippen LogP contribution in [0.2, 0.25) is 0 Å². The van der Waals surface area contributed by atoms with E-state index in [4.69, 9.17) is 10.5 Å². The third-order valence-electron chi connectivity index (χ3n) is 4.46. The van der Waals surface area contributed by atoms with Crippen LogP contribution in [0.3, 0.4) is 0 Å². The number of rotatable bonds is 5. The summed E-state index contributed by atoms with van der Waals surface area (Å²) in [5.41, 5.74) is 7.77. The van der Waals surface area contributed by atoms with E-state index in [9.17, 15) is 9.59 Å². The Labute approximate surface area is 147 Å². The van der Waals surface area contributed by atoms with Crippen molar-refractivity contribution in [2.24, 2.45) is 5.73 Å². The lowest BCUT2D eigenvalue weighted by atomic mass is 10.1. The standard InChI is InChI=1S/C20H22N2O3/c21-18(16-10-5-2-6-11-16)19(23)22-13-7-12-17(22)20(24)25-14-15-8-3-1-4-9-15/h1-6,8-11,17-18H,7,12-14,21H2/t17-,18+/m1/s1. The summed E-state index contributed by atoms with van der Waals surface area (Å²) in [6.45, 7) is 0.743. The molecule has 1 aliphatic rings. The Hall–Kier alpha value is -2.66. The van der Waals surface area contributed by atoms with Crippen molar-refractivity contribution in [3.63, 3.8) is 0 Å². The molecule has 1 saturated heterocycles. The highest BCUT2D eigenvalue weighted by atomic mass is 16.5. The van der Waals surface area contributed by atoms with Crippen LogP contribution in [-0.4, -0.2) is 29.4 Å². The average molecular weight is 338 g/mol. The van der Waals surface area contributed by atoms with Crippen LogP contribution in [0.5, 0.6) is 0 Å². The summed E-state index contributed by atoms with van der Waals surface area (Å²) in [6, 6.07) is 17.4. The molecular formula is C20H22N2O3. The molecule has 0 aliphatic carbocycles. The van der Waals surface area contributed by atoms with Crippen molar-refractivity contribution in [2.45, 2.75) is 31.5 Å². The van der Waals surface area contributed by atoms with Gasteiger partial charge in [-0.05, 0) is 24.0 Å². The number of nitrogens with two attached hydrogens (primary N) is 1. The molecule has 1 fully saturated rings. The van der Waals surface area contributed by atoms with E-state index in [-0.39, 0.29) is 18.5 Å². The van der Waals surface area contributed by atoms with Crippen LogP contribution in [0.4, 0.5) is 0 Å². The Morgan fingerprint density at radius 2 is 1.72 bits per heavy atom. The SMILES string of the molecule is N[C@H](C(=O)N1CCC[C@@H]1C(=O)OCc1ccccc1)c1ccccc1. The molecule has 0 unspecified atom stereocenters. The molecule has 1 aliphatic heterocycles. The monoisotopic (exact) mass is 338 g/mol. The minimum Gasteiger partial charge on any atom is -0.459 e. The van der Waals surface area contributed by atoms with Crippen LogP contribution in [0.1, 0.15) is 30.0 Å². The lowest BCUT2D eigenvalue weighted by Crippen LogP contribution is -2.45. The molecule has 0 spiro atoms. The first-order chi connectivity index (χ1) is 12.2. The molecule has 0 bridgehead atoms. The van der Waals surface area contributed by atoms with Gasteiger partial charge in [0.1, 0.15) is 18.7 Å². The van der Waals surface area contributed by atoms with Gasteiger partial charge >= 0.3 is 5.97 Å². The predicted molar refractivity (Wildman–Crippen MR) is 94.3 cm³/mol. The summed E-state index contributed by atoms with van der Waals surface area (Å²) in [7, 11) is 0. The van der Waals surface area contributed by atoms with Gasteiger partial charge in [0.2, 0.25) is 5.91 Å². The number of likely N-dealkylation sites (tertiary alicyclic amines) is 1. The maximum atomic E-state index is 12.7. The highest BCUT2D eigenvalue weighted by Gasteiger charge is 2.37. The Kier molecular flexibility index (Phi) is 5.46. The number of carbonyl (C=O) groups excluding carboxylic acids is 2. The first-order valence-corrected chi connectivity index (χ1v) is 8.48. The third kappa shape index (κ3) is 4.06. The second-order valence-corrected chi connectivity index (χ2v) is 6.17. The van der Waals surface area contributed by atoms with Crippen molar-refractivity contribution in [1.29, 1.82) is 0 Å². The molecule has 1 heterocycles. The third-order valence-corrected chi connectivity index (χ3v) is 4.46. The second-order valence-electron chi connectivity index (χ2n) is 6.17. The van der Waals surface area contributed by atoms with E-state index in [0.717, 1.165) is 17.5 Å². The van der Waals surface area contributed by atoms with E-state index in [1.807, 2.05) is 60.7 Å². The number of hydrogen-bond donors (Lipinski definition) is 1. The largest absolute Gasteiger partial charge is 0.459 e. The van der Waals surface area contributed by atoms with Crippen molar-refractivity contribution in [3.8, 4) is 0 Å². The second kappa shape index (κ2) is 7.94. The number of hydrogen-bond acceptors (Lipinski definition) is 4. The number of nitrogens with zero attached hydrogens (tertiary/aromatic N) is 1. The number of amides is 1. The van der Waals surface area contributed by atoms with Crippen LogP contribution < -0.4 is 5.73 Å². The number of benzene rings is 2. The quantitative estimate of drug-likeness (QED) is 0.850. The van der Waals surface area contributed by atoms with Crippen molar-refractivity contribution in [3.05, 3.63) is 71.8 Å². The van der Waals surface area contributed by atoms with E-state index in [2.05, 4.69) is 0 Å². The van der Waals surface area contributed by atoms with Gasteiger partial charge in [-0.15, -0.1) is 0 Å². The molecule has 5 nitrogen and oxygen atoms in total. The predicted octanol–water partition coefficient (Wildman–Crippen LogP) is 2.42. The van der Waals surface area contributed by atoms with Crippen LogP contribution >= 0.6 is 0 Å². The van der Waals surface area contributed by atoms with E-state index in [0.29, 0.717) is 13.0 Å². The molecule has 0 saturated carbocycles. The molecule has 1 amide bonds. The summed E-state index contributed by atoms with van der Waals surface area (Å²) in [4.78, 5) is 26.7. The molecule has 0 aromatic heterocycles. The van der Waals surface area contributed by atoms with Gasteiger partial charge in [-0.25, -0.2) is 4.79 Å². The number of carbonyl (C=O) groups is 2. The number of esters is 1. The fourth-order valence-corrected chi connectivity index (χ4v) is 3.08. The highest BCUT2D eigenvalue weighted by Crippen LogP contribution is 2.23. The normalized spacial score (nSPS) is 18.0. The highest BCUT2D eigenvalue weighted by molar-refractivity contribution is 5.88. The summed E-state index contributed by atoms with van der Waals surface area (Å²) < 4.78 is 5.40. The zero-order valence-corrected chi connectivity index (χ0v) is 14.0. The maximum absolute atomic E-state index is 12.7. The fraction of sp³-hybridized carbons (Fsp3) is 0.300. The number of ether oxygens (including phenoxy) is 1. The van der Waals surface area contributed by atoms with Crippen LogP contribution in [0.15, 0.2) is 60.7 Å². The van der Waals surface area contributed by atoms with Crippen LogP contribution in [-0.2, 0) is 20.9 Å².